The van der Waals surface area contributed by atoms with Crippen molar-refractivity contribution < 1.29 is 22.8 Å². The maximum atomic E-state index is 14.3. The standard InChI is InChI=1S/C16H13FIN3O4S2/c17-12-6-9(18)3-4-13(12)20-16-14(11-2-1-5-19-15(11)26-16)27(23,24)21-7-10(22)8-25-21/h1-6,10,20,22H,7-8H2. The van der Waals surface area contributed by atoms with Crippen molar-refractivity contribution in [3.8, 4) is 0 Å². The van der Waals surface area contributed by atoms with Gasteiger partial charge in [0.1, 0.15) is 20.5 Å². The molecule has 1 saturated heterocycles. The molecule has 3 aromatic rings. The second-order valence-corrected chi connectivity index (χ2v) is 9.82. The number of pyridine rings is 1. The molecule has 1 fully saturated rings. The van der Waals surface area contributed by atoms with E-state index in [0.717, 1.165) is 19.4 Å². The molecule has 0 bridgehead atoms. The van der Waals surface area contributed by atoms with E-state index in [0.29, 0.717) is 10.2 Å². The zero-order chi connectivity index (χ0) is 19.2. The number of halogens is 2. The van der Waals surface area contributed by atoms with Crippen LogP contribution in [0.25, 0.3) is 10.2 Å². The molecular formula is C16H13FIN3O4S2. The van der Waals surface area contributed by atoms with Crippen molar-refractivity contribution in [2.24, 2.45) is 0 Å². The molecule has 1 aliphatic heterocycles. The number of rotatable bonds is 4. The summed E-state index contributed by atoms with van der Waals surface area (Å²) >= 11 is 3.10. The van der Waals surface area contributed by atoms with E-state index in [1.807, 2.05) is 22.6 Å². The molecule has 7 nitrogen and oxygen atoms in total. The summed E-state index contributed by atoms with van der Waals surface area (Å²) in [4.78, 5) is 9.77. The molecule has 0 aliphatic carbocycles. The van der Waals surface area contributed by atoms with Crippen molar-refractivity contribution in [3.63, 3.8) is 0 Å². The minimum absolute atomic E-state index is 0.0531. The second-order valence-electron chi connectivity index (χ2n) is 5.81. The van der Waals surface area contributed by atoms with Crippen LogP contribution in [0.3, 0.4) is 0 Å². The molecule has 2 aromatic heterocycles. The highest BCUT2D eigenvalue weighted by atomic mass is 127. The summed E-state index contributed by atoms with van der Waals surface area (Å²) in [7, 11) is -4.09. The van der Waals surface area contributed by atoms with Crippen LogP contribution in [0.1, 0.15) is 0 Å². The number of hydroxylamine groups is 1. The number of benzene rings is 1. The number of aromatic nitrogens is 1. The lowest BCUT2D eigenvalue weighted by Gasteiger charge is -2.16. The van der Waals surface area contributed by atoms with Crippen molar-refractivity contribution in [2.75, 3.05) is 18.5 Å². The summed E-state index contributed by atoms with van der Waals surface area (Å²) in [6.07, 6.45) is 0.661. The van der Waals surface area contributed by atoms with Crippen LogP contribution in [0.15, 0.2) is 41.4 Å². The maximum absolute atomic E-state index is 14.3. The molecule has 3 heterocycles. The van der Waals surface area contributed by atoms with Crippen LogP contribution in [-0.2, 0) is 14.9 Å². The van der Waals surface area contributed by atoms with E-state index in [1.54, 1.807) is 30.5 Å². The molecule has 0 amide bonds. The van der Waals surface area contributed by atoms with Crippen molar-refractivity contribution in [1.29, 1.82) is 0 Å². The Morgan fingerprint density at radius 1 is 1.41 bits per heavy atom. The van der Waals surface area contributed by atoms with Crippen molar-refractivity contribution in [3.05, 3.63) is 45.9 Å². The number of nitrogens with one attached hydrogen (secondary N) is 1. The van der Waals surface area contributed by atoms with Gasteiger partial charge in [0.25, 0.3) is 10.0 Å². The number of thiophene rings is 1. The molecule has 1 aromatic carbocycles. The first kappa shape index (κ1) is 19.0. The highest BCUT2D eigenvalue weighted by molar-refractivity contribution is 14.1. The molecule has 142 valence electrons. The summed E-state index contributed by atoms with van der Waals surface area (Å²) in [6.45, 7) is -0.272. The summed E-state index contributed by atoms with van der Waals surface area (Å²) in [5, 5.41) is 13.1. The zero-order valence-electron chi connectivity index (χ0n) is 13.6. The van der Waals surface area contributed by atoms with Crippen LogP contribution >= 0.6 is 33.9 Å². The van der Waals surface area contributed by atoms with Crippen LogP contribution in [-0.4, -0.2) is 42.2 Å². The van der Waals surface area contributed by atoms with Gasteiger partial charge < -0.3 is 10.4 Å². The third-order valence-corrected chi connectivity index (χ3v) is 7.46. The minimum Gasteiger partial charge on any atom is -0.389 e. The monoisotopic (exact) mass is 521 g/mol. The fourth-order valence-corrected chi connectivity index (χ4v) is 6.09. The third-order valence-electron chi connectivity index (χ3n) is 3.90. The Morgan fingerprint density at radius 3 is 2.93 bits per heavy atom. The van der Waals surface area contributed by atoms with Gasteiger partial charge in [0.2, 0.25) is 0 Å². The number of β-amino-alcohol motifs (C(OH)–C–C–N with tert-alkyl or cyclic N) is 1. The normalized spacial score (nSPS) is 18.3. The summed E-state index contributed by atoms with van der Waals surface area (Å²) in [6, 6.07) is 7.87. The third kappa shape index (κ3) is 3.54. The number of fused-ring (bicyclic) bond motifs is 1. The van der Waals surface area contributed by atoms with Crippen LogP contribution < -0.4 is 5.32 Å². The molecule has 2 N–H and O–H groups in total. The minimum atomic E-state index is -4.09. The second kappa shape index (κ2) is 7.22. The zero-order valence-corrected chi connectivity index (χ0v) is 17.4. The predicted molar refractivity (Wildman–Crippen MR) is 108 cm³/mol. The van der Waals surface area contributed by atoms with Gasteiger partial charge in [-0.05, 0) is 52.9 Å². The van der Waals surface area contributed by atoms with Crippen LogP contribution in [0.2, 0.25) is 0 Å². The average molecular weight is 521 g/mol. The topological polar surface area (TPSA) is 91.8 Å². The molecule has 1 aliphatic rings. The lowest BCUT2D eigenvalue weighted by molar-refractivity contribution is -0.0315. The first-order chi connectivity index (χ1) is 12.9. The SMILES string of the molecule is O=S(=O)(c1c(Nc2ccc(I)cc2F)sc2ncccc12)N1CC(O)CO1. The van der Waals surface area contributed by atoms with Gasteiger partial charge in [0.05, 0.1) is 24.9 Å². The van der Waals surface area contributed by atoms with Gasteiger partial charge >= 0.3 is 0 Å². The fourth-order valence-electron chi connectivity index (χ4n) is 2.68. The predicted octanol–water partition coefficient (Wildman–Crippen LogP) is 3.08. The molecule has 0 radical (unpaired) electrons. The fraction of sp³-hybridized carbons (Fsp3) is 0.188. The van der Waals surface area contributed by atoms with Crippen LogP contribution in [0.5, 0.6) is 0 Å². The Balaban J connectivity index is 1.85. The van der Waals surface area contributed by atoms with Gasteiger partial charge in [-0.3, -0.25) is 4.84 Å². The van der Waals surface area contributed by atoms with E-state index in [9.17, 15) is 17.9 Å². The molecule has 1 atom stereocenters. The molecule has 27 heavy (non-hydrogen) atoms. The van der Waals surface area contributed by atoms with E-state index in [4.69, 9.17) is 4.84 Å². The lowest BCUT2D eigenvalue weighted by atomic mass is 10.3. The Labute approximate surface area is 171 Å². The van der Waals surface area contributed by atoms with Gasteiger partial charge in [-0.1, -0.05) is 15.8 Å². The average Bonchev–Trinajstić information content (AvgIpc) is 3.21. The smallest absolute Gasteiger partial charge is 0.268 e. The van der Waals surface area contributed by atoms with Gasteiger partial charge in [0, 0.05) is 15.2 Å². The first-order valence-electron chi connectivity index (χ1n) is 7.79. The van der Waals surface area contributed by atoms with Gasteiger partial charge in [0.15, 0.2) is 0 Å². The number of anilines is 2. The quantitative estimate of drug-likeness (QED) is 0.513. The molecular weight excluding hydrogens is 508 g/mol. The maximum Gasteiger partial charge on any atom is 0.268 e. The lowest BCUT2D eigenvalue weighted by Crippen LogP contribution is -2.29. The van der Waals surface area contributed by atoms with Gasteiger partial charge in [-0.25, -0.2) is 17.8 Å². The number of nitrogens with zero attached hydrogens (tertiary/aromatic N) is 2. The number of hydrogen-bond donors (Lipinski definition) is 2. The highest BCUT2D eigenvalue weighted by Crippen LogP contribution is 2.41. The van der Waals surface area contributed by atoms with Crippen molar-refractivity contribution >= 4 is 64.9 Å². The van der Waals surface area contributed by atoms with E-state index in [-0.39, 0.29) is 28.7 Å². The molecule has 1 unspecified atom stereocenters. The number of aliphatic hydroxyl groups is 1. The number of hydrogen-bond acceptors (Lipinski definition) is 7. The molecule has 0 saturated carbocycles. The number of sulfonamides is 1. The number of aliphatic hydroxyl groups excluding tert-OH is 1. The highest BCUT2D eigenvalue weighted by Gasteiger charge is 2.37. The molecule has 0 spiro atoms. The van der Waals surface area contributed by atoms with Gasteiger partial charge in [-0.15, -0.1) is 0 Å². The Bertz CT molecular complexity index is 1120. The first-order valence-corrected chi connectivity index (χ1v) is 11.1. The van der Waals surface area contributed by atoms with Crippen LogP contribution in [0.4, 0.5) is 15.1 Å². The summed E-state index contributed by atoms with van der Waals surface area (Å²) < 4.78 is 42.0. The summed E-state index contributed by atoms with van der Waals surface area (Å²) in [5.41, 5.74) is 0.154. The molecule has 4 rings (SSSR count). The van der Waals surface area contributed by atoms with Crippen molar-refractivity contribution in [1.82, 2.24) is 9.45 Å². The van der Waals surface area contributed by atoms with Gasteiger partial charge in [-0.2, -0.15) is 0 Å². The van der Waals surface area contributed by atoms with E-state index < -0.39 is 21.9 Å². The van der Waals surface area contributed by atoms with E-state index in [1.165, 1.54) is 6.07 Å². The van der Waals surface area contributed by atoms with Crippen molar-refractivity contribution in [2.45, 2.75) is 11.0 Å². The van der Waals surface area contributed by atoms with E-state index in [2.05, 4.69) is 10.3 Å². The largest absolute Gasteiger partial charge is 0.389 e. The Morgan fingerprint density at radius 2 is 2.22 bits per heavy atom. The summed E-state index contributed by atoms with van der Waals surface area (Å²) in [5.74, 6) is -0.497. The van der Waals surface area contributed by atoms with E-state index >= 15 is 0 Å². The molecule has 11 heteroatoms. The van der Waals surface area contributed by atoms with Crippen LogP contribution in [0, 0.1) is 9.39 Å². The Kier molecular flexibility index (Phi) is 5.07. The Hall–Kier alpha value is -1.38.